The maximum atomic E-state index is 13.3. The fraction of sp³-hybridized carbons (Fsp3) is 0.522. The number of hydrogen-bond donors (Lipinski definition) is 0. The topological polar surface area (TPSA) is 42.0 Å². The highest BCUT2D eigenvalue weighted by Crippen LogP contribution is 2.34. The highest BCUT2D eigenvalue weighted by Gasteiger charge is 2.36. The minimum atomic E-state index is -0.496. The van der Waals surface area contributed by atoms with Gasteiger partial charge in [0.05, 0.1) is 12.8 Å². The molecule has 0 N–H and O–H groups in total. The van der Waals surface area contributed by atoms with Crippen LogP contribution in [0.4, 0.5) is 5.69 Å². The number of carbonyl (C=O) groups excluding carboxylic acids is 1. The minimum Gasteiger partial charge on any atom is -0.495 e. The molecule has 3 rings (SSSR count). The van der Waals surface area contributed by atoms with Gasteiger partial charge in [0.15, 0.2) is 0 Å². The predicted molar refractivity (Wildman–Crippen MR) is 119 cm³/mol. The summed E-state index contributed by atoms with van der Waals surface area (Å²) in [6.07, 6.45) is 1.53. The fourth-order valence-electron chi connectivity index (χ4n) is 4.12. The number of hydrogen-bond acceptors (Lipinski definition) is 5. The van der Waals surface area contributed by atoms with Gasteiger partial charge in [-0.1, -0.05) is 25.1 Å². The average molecular weight is 417 g/mol. The molecule has 2 unspecified atom stereocenters. The van der Waals surface area contributed by atoms with Crippen molar-refractivity contribution in [2.75, 3.05) is 38.8 Å². The lowest BCUT2D eigenvalue weighted by molar-refractivity contribution is -0.128. The number of amides is 1. The molecular formula is C23H32N2O3S. The van der Waals surface area contributed by atoms with Crippen LogP contribution in [0.1, 0.15) is 25.1 Å². The van der Waals surface area contributed by atoms with Gasteiger partial charge in [0, 0.05) is 37.7 Å². The van der Waals surface area contributed by atoms with Gasteiger partial charge in [-0.15, -0.1) is 11.3 Å². The second-order valence-electron chi connectivity index (χ2n) is 7.72. The minimum absolute atomic E-state index is 0.0131. The maximum absolute atomic E-state index is 13.3. The standard InChI is InChI=1S/C23H32N2O3S/c1-17-16-24(13-11-19-8-7-15-29-19)14-12-20(17)25(23(26)18(2)27-3)21-9-5-6-10-22(21)28-4/h5-10,15,17-18,20H,11-14,16H2,1-4H3/t17-,18?,20?/m1/s1. The van der Waals surface area contributed by atoms with Crippen LogP contribution in [0.2, 0.25) is 0 Å². The average Bonchev–Trinajstić information content (AvgIpc) is 3.27. The van der Waals surface area contributed by atoms with Gasteiger partial charge in [0.25, 0.3) is 5.91 Å². The zero-order valence-electron chi connectivity index (χ0n) is 17.8. The van der Waals surface area contributed by atoms with Crippen molar-refractivity contribution in [1.29, 1.82) is 0 Å². The van der Waals surface area contributed by atoms with E-state index in [1.807, 2.05) is 47.4 Å². The van der Waals surface area contributed by atoms with Crippen LogP contribution in [0, 0.1) is 5.92 Å². The molecule has 0 saturated carbocycles. The summed E-state index contributed by atoms with van der Waals surface area (Å²) < 4.78 is 10.9. The molecule has 1 fully saturated rings. The van der Waals surface area contributed by atoms with Crippen LogP contribution in [-0.2, 0) is 16.0 Å². The van der Waals surface area contributed by atoms with Crippen molar-refractivity contribution in [1.82, 2.24) is 4.90 Å². The molecule has 2 aromatic rings. The molecule has 0 aliphatic carbocycles. The van der Waals surface area contributed by atoms with Gasteiger partial charge in [-0.05, 0) is 49.3 Å². The van der Waals surface area contributed by atoms with Crippen LogP contribution < -0.4 is 9.64 Å². The van der Waals surface area contributed by atoms with Crippen molar-refractivity contribution in [2.45, 2.75) is 38.8 Å². The maximum Gasteiger partial charge on any atom is 0.256 e. The first-order valence-electron chi connectivity index (χ1n) is 10.3. The third-order valence-electron chi connectivity index (χ3n) is 5.81. The van der Waals surface area contributed by atoms with E-state index in [1.165, 1.54) is 4.88 Å². The zero-order valence-corrected chi connectivity index (χ0v) is 18.7. The number of benzene rings is 1. The van der Waals surface area contributed by atoms with E-state index in [4.69, 9.17) is 9.47 Å². The second-order valence-corrected chi connectivity index (χ2v) is 8.75. The molecule has 158 valence electrons. The van der Waals surface area contributed by atoms with E-state index in [0.717, 1.165) is 43.9 Å². The van der Waals surface area contributed by atoms with E-state index in [1.54, 1.807) is 14.2 Å². The first-order valence-corrected chi connectivity index (χ1v) is 11.2. The molecule has 0 bridgehead atoms. The molecule has 1 aliphatic heterocycles. The number of methoxy groups -OCH3 is 2. The molecule has 0 spiro atoms. The SMILES string of the molecule is COc1ccccc1N(C(=O)C(C)OC)C1CCN(CCc2cccs2)C[C@H]1C. The Balaban J connectivity index is 1.76. The van der Waals surface area contributed by atoms with E-state index in [2.05, 4.69) is 29.3 Å². The summed E-state index contributed by atoms with van der Waals surface area (Å²) in [4.78, 5) is 19.2. The molecular weight excluding hydrogens is 384 g/mol. The van der Waals surface area contributed by atoms with Gasteiger partial charge in [-0.2, -0.15) is 0 Å². The molecule has 1 saturated heterocycles. The van der Waals surface area contributed by atoms with Gasteiger partial charge in [-0.3, -0.25) is 4.79 Å². The van der Waals surface area contributed by atoms with Crippen LogP contribution in [0.15, 0.2) is 41.8 Å². The van der Waals surface area contributed by atoms with Crippen molar-refractivity contribution >= 4 is 22.9 Å². The number of nitrogens with zero attached hydrogens (tertiary/aromatic N) is 2. The van der Waals surface area contributed by atoms with Crippen molar-refractivity contribution in [2.24, 2.45) is 5.92 Å². The predicted octanol–water partition coefficient (Wildman–Crippen LogP) is 4.08. The summed E-state index contributed by atoms with van der Waals surface area (Å²) >= 11 is 1.82. The van der Waals surface area contributed by atoms with Crippen molar-refractivity contribution < 1.29 is 14.3 Å². The number of likely N-dealkylation sites (tertiary alicyclic amines) is 1. The summed E-state index contributed by atoms with van der Waals surface area (Å²) in [6, 6.07) is 12.2. The lowest BCUT2D eigenvalue weighted by atomic mass is 9.91. The van der Waals surface area contributed by atoms with E-state index in [9.17, 15) is 4.79 Å². The Kier molecular flexibility index (Phi) is 7.70. The van der Waals surface area contributed by atoms with E-state index >= 15 is 0 Å². The van der Waals surface area contributed by atoms with Crippen molar-refractivity contribution in [3.63, 3.8) is 0 Å². The van der Waals surface area contributed by atoms with Crippen LogP contribution >= 0.6 is 11.3 Å². The first-order chi connectivity index (χ1) is 14.0. The number of piperidine rings is 1. The number of thiophene rings is 1. The largest absolute Gasteiger partial charge is 0.495 e. The Labute approximate surface area is 178 Å². The molecule has 1 aromatic heterocycles. The number of rotatable bonds is 8. The van der Waals surface area contributed by atoms with Gasteiger partial charge in [0.2, 0.25) is 0 Å². The van der Waals surface area contributed by atoms with Crippen LogP contribution in [0.25, 0.3) is 0 Å². The second kappa shape index (κ2) is 10.2. The quantitative estimate of drug-likeness (QED) is 0.650. The Morgan fingerprint density at radius 1 is 1.28 bits per heavy atom. The van der Waals surface area contributed by atoms with Gasteiger partial charge in [-0.25, -0.2) is 0 Å². The molecule has 2 heterocycles. The Morgan fingerprint density at radius 3 is 2.72 bits per heavy atom. The molecule has 29 heavy (non-hydrogen) atoms. The molecule has 5 nitrogen and oxygen atoms in total. The number of ether oxygens (including phenoxy) is 2. The molecule has 1 amide bonds. The number of carbonyl (C=O) groups is 1. The smallest absolute Gasteiger partial charge is 0.256 e. The van der Waals surface area contributed by atoms with Gasteiger partial charge < -0.3 is 19.3 Å². The fourth-order valence-corrected chi connectivity index (χ4v) is 4.81. The summed E-state index contributed by atoms with van der Waals surface area (Å²) in [7, 11) is 3.23. The third kappa shape index (κ3) is 5.18. The van der Waals surface area contributed by atoms with E-state index < -0.39 is 6.10 Å². The first kappa shape index (κ1) is 21.8. The lowest BCUT2D eigenvalue weighted by Gasteiger charge is -2.43. The zero-order chi connectivity index (χ0) is 20.8. The Hall–Kier alpha value is -1.89. The molecule has 3 atom stereocenters. The van der Waals surface area contributed by atoms with Gasteiger partial charge in [0.1, 0.15) is 11.9 Å². The van der Waals surface area contributed by atoms with Gasteiger partial charge >= 0.3 is 0 Å². The Morgan fingerprint density at radius 2 is 2.07 bits per heavy atom. The third-order valence-corrected chi connectivity index (χ3v) is 6.75. The number of anilines is 1. The summed E-state index contributed by atoms with van der Waals surface area (Å²) in [5.74, 6) is 1.06. The van der Waals surface area contributed by atoms with Crippen LogP contribution in [0.3, 0.4) is 0 Å². The molecule has 6 heteroatoms. The van der Waals surface area contributed by atoms with Crippen molar-refractivity contribution in [3.8, 4) is 5.75 Å². The normalized spacial score (nSPS) is 21.0. The molecule has 1 aliphatic rings. The molecule has 1 aromatic carbocycles. The van der Waals surface area contributed by atoms with E-state index in [0.29, 0.717) is 5.92 Å². The number of para-hydroxylation sites is 2. The lowest BCUT2D eigenvalue weighted by Crippen LogP contribution is -2.54. The van der Waals surface area contributed by atoms with Crippen LogP contribution in [0.5, 0.6) is 5.75 Å². The van der Waals surface area contributed by atoms with Crippen molar-refractivity contribution in [3.05, 3.63) is 46.7 Å². The highest BCUT2D eigenvalue weighted by molar-refractivity contribution is 7.09. The monoisotopic (exact) mass is 416 g/mol. The van der Waals surface area contributed by atoms with Crippen LogP contribution in [-0.4, -0.2) is 56.8 Å². The summed E-state index contributed by atoms with van der Waals surface area (Å²) in [5.41, 5.74) is 0.827. The highest BCUT2D eigenvalue weighted by atomic mass is 32.1. The summed E-state index contributed by atoms with van der Waals surface area (Å²) in [6.45, 7) is 7.09. The molecule has 0 radical (unpaired) electrons. The summed E-state index contributed by atoms with van der Waals surface area (Å²) in [5, 5.41) is 2.14. The Bertz CT molecular complexity index is 780. The van der Waals surface area contributed by atoms with E-state index in [-0.39, 0.29) is 11.9 Å².